The maximum atomic E-state index is 11.3. The van der Waals surface area contributed by atoms with Crippen LogP contribution in [0, 0.1) is 5.92 Å². The summed E-state index contributed by atoms with van der Waals surface area (Å²) in [5, 5.41) is 2.66. The van der Waals surface area contributed by atoms with Gasteiger partial charge < -0.3 is 13.9 Å². The van der Waals surface area contributed by atoms with Crippen LogP contribution in [0.15, 0.2) is 85.0 Å². The van der Waals surface area contributed by atoms with Gasteiger partial charge in [0.05, 0.1) is 19.3 Å². The Balaban J connectivity index is 1.57. The van der Waals surface area contributed by atoms with Crippen molar-refractivity contribution in [3.8, 4) is 0 Å². The first-order valence-corrected chi connectivity index (χ1v) is 15.5. The molecule has 1 aliphatic heterocycles. The summed E-state index contributed by atoms with van der Waals surface area (Å²) in [5.74, 6) is 0.218. The molecule has 0 fully saturated rings. The third-order valence-electron chi connectivity index (χ3n) is 7.18. The lowest BCUT2D eigenvalue weighted by atomic mass is 9.95. The standard InChI is InChI=1S/C32H44O4Si/c1-26(25-28-18-12-16-27(36-28)17-13-23-31(33)34-5)15-14-24-35-37(32(2,3)4,29-19-8-6-9-20-29)30-21-10-7-11-22-30/h6-13,16,19-23,26-28H,14-15,17-18,24-25H2,1-5H3/b23-13-/t26-,27-,28-/m0/s1. The van der Waals surface area contributed by atoms with Crippen molar-refractivity contribution in [1.29, 1.82) is 0 Å². The van der Waals surface area contributed by atoms with E-state index in [1.807, 2.05) is 6.08 Å². The van der Waals surface area contributed by atoms with Crippen molar-refractivity contribution in [3.05, 3.63) is 85.0 Å². The molecule has 0 saturated heterocycles. The van der Waals surface area contributed by atoms with E-state index in [4.69, 9.17) is 9.16 Å². The van der Waals surface area contributed by atoms with Crippen molar-refractivity contribution >= 4 is 24.7 Å². The normalized spacial score (nSPS) is 19.2. The van der Waals surface area contributed by atoms with E-state index >= 15 is 0 Å². The fraction of sp³-hybridized carbons (Fsp3) is 0.469. The van der Waals surface area contributed by atoms with Crippen LogP contribution < -0.4 is 10.4 Å². The van der Waals surface area contributed by atoms with Gasteiger partial charge in [0.15, 0.2) is 0 Å². The minimum Gasteiger partial charge on any atom is -0.466 e. The molecule has 3 rings (SSSR count). The second kappa shape index (κ2) is 13.9. The minimum absolute atomic E-state index is 0.000913. The average Bonchev–Trinajstić information content (AvgIpc) is 2.89. The minimum atomic E-state index is -2.47. The van der Waals surface area contributed by atoms with Crippen molar-refractivity contribution in [2.24, 2.45) is 5.92 Å². The van der Waals surface area contributed by atoms with Gasteiger partial charge >= 0.3 is 5.97 Å². The summed E-state index contributed by atoms with van der Waals surface area (Å²) in [6, 6.07) is 21.7. The maximum absolute atomic E-state index is 11.3. The lowest BCUT2D eigenvalue weighted by molar-refractivity contribution is -0.134. The highest BCUT2D eigenvalue weighted by Gasteiger charge is 2.49. The Kier molecular flexibility index (Phi) is 10.9. The number of hydrogen-bond donors (Lipinski definition) is 0. The predicted molar refractivity (Wildman–Crippen MR) is 155 cm³/mol. The smallest absolute Gasteiger partial charge is 0.330 e. The highest BCUT2D eigenvalue weighted by molar-refractivity contribution is 6.99. The molecule has 1 aliphatic rings. The molecular weight excluding hydrogens is 476 g/mol. The molecule has 1 heterocycles. The molecule has 0 bridgehead atoms. The largest absolute Gasteiger partial charge is 0.466 e. The molecule has 3 atom stereocenters. The lowest BCUT2D eigenvalue weighted by Gasteiger charge is -2.43. The van der Waals surface area contributed by atoms with Gasteiger partial charge in [-0.1, -0.05) is 107 Å². The second-order valence-electron chi connectivity index (χ2n) is 11.1. The van der Waals surface area contributed by atoms with Gasteiger partial charge in [0.2, 0.25) is 0 Å². The molecule has 2 aromatic rings. The predicted octanol–water partition coefficient (Wildman–Crippen LogP) is 6.20. The third kappa shape index (κ3) is 8.00. The van der Waals surface area contributed by atoms with Crippen LogP contribution in [0.1, 0.15) is 59.8 Å². The SMILES string of the molecule is COC(=O)/C=C\C[C@@H]1C=CC[C@@H](C[C@@H](C)CCCO[Si](c2ccccc2)(c2ccccc2)C(C)(C)C)O1. The van der Waals surface area contributed by atoms with Crippen molar-refractivity contribution in [1.82, 2.24) is 0 Å². The highest BCUT2D eigenvalue weighted by Crippen LogP contribution is 2.37. The summed E-state index contributed by atoms with van der Waals surface area (Å²) in [6.45, 7) is 10.0. The molecule has 0 radical (unpaired) electrons. The number of hydrogen-bond acceptors (Lipinski definition) is 4. The molecule has 0 spiro atoms. The number of benzene rings is 2. The summed E-state index contributed by atoms with van der Waals surface area (Å²) < 4.78 is 18.0. The van der Waals surface area contributed by atoms with Gasteiger partial charge in [-0.2, -0.15) is 0 Å². The maximum Gasteiger partial charge on any atom is 0.330 e. The molecule has 0 aliphatic carbocycles. The summed E-state index contributed by atoms with van der Waals surface area (Å²) in [7, 11) is -1.08. The monoisotopic (exact) mass is 520 g/mol. The van der Waals surface area contributed by atoms with E-state index in [0.717, 1.165) is 32.3 Å². The number of esters is 1. The third-order valence-corrected chi connectivity index (χ3v) is 12.2. The topological polar surface area (TPSA) is 44.8 Å². The number of rotatable bonds is 12. The Labute approximate surface area is 224 Å². The van der Waals surface area contributed by atoms with Crippen molar-refractivity contribution < 1.29 is 18.7 Å². The van der Waals surface area contributed by atoms with Gasteiger partial charge in [0.25, 0.3) is 8.32 Å². The zero-order valence-corrected chi connectivity index (χ0v) is 24.2. The van der Waals surface area contributed by atoms with Crippen LogP contribution in [-0.2, 0) is 18.7 Å². The molecule has 200 valence electrons. The van der Waals surface area contributed by atoms with E-state index in [-0.39, 0.29) is 23.2 Å². The summed E-state index contributed by atoms with van der Waals surface area (Å²) >= 11 is 0. The number of carbonyl (C=O) groups excluding carboxylic acids is 1. The number of ether oxygens (including phenoxy) is 2. The zero-order chi connectivity index (χ0) is 26.7. The van der Waals surface area contributed by atoms with Gasteiger partial charge in [-0.25, -0.2) is 4.79 Å². The van der Waals surface area contributed by atoms with Crippen LogP contribution in [0.4, 0.5) is 0 Å². The van der Waals surface area contributed by atoms with Crippen molar-refractivity contribution in [3.63, 3.8) is 0 Å². The van der Waals surface area contributed by atoms with E-state index in [9.17, 15) is 4.79 Å². The molecule has 0 amide bonds. The number of methoxy groups -OCH3 is 1. The van der Waals surface area contributed by atoms with E-state index in [2.05, 4.69) is 105 Å². The van der Waals surface area contributed by atoms with E-state index in [0.29, 0.717) is 12.3 Å². The van der Waals surface area contributed by atoms with Crippen LogP contribution in [0.5, 0.6) is 0 Å². The average molecular weight is 521 g/mol. The first kappa shape index (κ1) is 29.1. The Bertz CT molecular complexity index is 971. The van der Waals surface area contributed by atoms with Gasteiger partial charge in [-0.05, 0) is 53.4 Å². The van der Waals surface area contributed by atoms with E-state index < -0.39 is 8.32 Å². The molecule has 0 aromatic heterocycles. The molecule has 0 saturated carbocycles. The second-order valence-corrected chi connectivity index (χ2v) is 15.4. The van der Waals surface area contributed by atoms with Crippen LogP contribution in [-0.4, -0.2) is 40.2 Å². The molecule has 37 heavy (non-hydrogen) atoms. The lowest BCUT2D eigenvalue weighted by Crippen LogP contribution is -2.66. The zero-order valence-electron chi connectivity index (χ0n) is 23.2. The van der Waals surface area contributed by atoms with E-state index in [1.54, 1.807) is 0 Å². The molecule has 0 N–H and O–H groups in total. The highest BCUT2D eigenvalue weighted by atomic mass is 28.4. The van der Waals surface area contributed by atoms with Crippen LogP contribution >= 0.6 is 0 Å². The fourth-order valence-electron chi connectivity index (χ4n) is 5.37. The van der Waals surface area contributed by atoms with Gasteiger partial charge in [0, 0.05) is 12.7 Å². The van der Waals surface area contributed by atoms with Gasteiger partial charge in [0.1, 0.15) is 0 Å². The molecule has 2 aromatic carbocycles. The summed E-state index contributed by atoms with van der Waals surface area (Å²) in [6.07, 6.45) is 12.6. The van der Waals surface area contributed by atoms with Crippen LogP contribution in [0.2, 0.25) is 5.04 Å². The van der Waals surface area contributed by atoms with Crippen LogP contribution in [0.3, 0.4) is 0 Å². The molecule has 4 nitrogen and oxygen atoms in total. The molecule has 0 unspecified atom stereocenters. The quantitative estimate of drug-likeness (QED) is 0.110. The van der Waals surface area contributed by atoms with Crippen molar-refractivity contribution in [2.45, 2.75) is 77.0 Å². The summed E-state index contributed by atoms with van der Waals surface area (Å²) in [5.41, 5.74) is 0. The van der Waals surface area contributed by atoms with Gasteiger partial charge in [-0.3, -0.25) is 0 Å². The van der Waals surface area contributed by atoms with Gasteiger partial charge in [-0.15, -0.1) is 0 Å². The Morgan fingerprint density at radius 1 is 1.08 bits per heavy atom. The Hall–Kier alpha value is -2.47. The number of carbonyl (C=O) groups is 1. The summed E-state index contributed by atoms with van der Waals surface area (Å²) in [4.78, 5) is 11.3. The molecule has 5 heteroatoms. The van der Waals surface area contributed by atoms with Crippen molar-refractivity contribution in [2.75, 3.05) is 13.7 Å². The first-order chi connectivity index (χ1) is 17.8. The Morgan fingerprint density at radius 3 is 2.27 bits per heavy atom. The fourth-order valence-corrected chi connectivity index (χ4v) is 9.97. The van der Waals surface area contributed by atoms with E-state index in [1.165, 1.54) is 23.6 Å². The molecular formula is C32H44O4Si. The Morgan fingerprint density at radius 2 is 1.70 bits per heavy atom. The first-order valence-electron chi connectivity index (χ1n) is 13.6. The van der Waals surface area contributed by atoms with Crippen LogP contribution in [0.25, 0.3) is 0 Å².